The lowest BCUT2D eigenvalue weighted by atomic mass is 10.0. The minimum Gasteiger partial charge on any atom is -0.457 e. The maximum absolute atomic E-state index is 8.88. The monoisotopic (exact) mass is 266 g/mol. The number of nitrogens with two attached hydrogens (primary N) is 1. The highest BCUT2D eigenvalue weighted by Crippen LogP contribution is 2.32. The number of anilines is 1. The molecule has 0 atom stereocenters. The molecule has 0 amide bonds. The van der Waals surface area contributed by atoms with Crippen LogP contribution in [-0.2, 0) is 0 Å². The number of nitrogen functional groups attached to an aromatic ring is 1. The normalized spacial score (nSPS) is 10.3. The summed E-state index contributed by atoms with van der Waals surface area (Å²) in [5, 5.41) is 8.88. The van der Waals surface area contributed by atoms with Gasteiger partial charge in [-0.15, -0.1) is 0 Å². The van der Waals surface area contributed by atoms with E-state index in [9.17, 15) is 0 Å². The minimum absolute atomic E-state index is 0.376. The van der Waals surface area contributed by atoms with Crippen LogP contribution in [0.3, 0.4) is 0 Å². The van der Waals surface area contributed by atoms with Gasteiger partial charge in [-0.2, -0.15) is 5.26 Å². The number of benzene rings is 2. The van der Waals surface area contributed by atoms with E-state index in [1.165, 1.54) is 0 Å². The van der Waals surface area contributed by atoms with Crippen molar-refractivity contribution in [3.63, 3.8) is 0 Å². The average Bonchev–Trinajstić information content (AvgIpc) is 2.38. The highest BCUT2D eigenvalue weighted by molar-refractivity contribution is 5.57. The smallest absolute Gasteiger partial charge is 0.131 e. The Morgan fingerprint density at radius 3 is 2.50 bits per heavy atom. The van der Waals surface area contributed by atoms with Crippen LogP contribution in [-0.4, -0.2) is 0 Å². The lowest BCUT2D eigenvalue weighted by Gasteiger charge is -2.15. The molecule has 0 heterocycles. The second-order valence-corrected chi connectivity index (χ2v) is 5.16. The van der Waals surface area contributed by atoms with E-state index in [0.717, 1.165) is 16.9 Å². The third-order valence-corrected chi connectivity index (χ3v) is 3.16. The summed E-state index contributed by atoms with van der Waals surface area (Å²) in [7, 11) is 0. The minimum atomic E-state index is 0.376. The zero-order chi connectivity index (χ0) is 14.7. The van der Waals surface area contributed by atoms with E-state index < -0.39 is 0 Å². The van der Waals surface area contributed by atoms with Crippen molar-refractivity contribution in [3.05, 3.63) is 53.1 Å². The molecular formula is C17H18N2O. The fourth-order valence-corrected chi connectivity index (χ4v) is 2.04. The Balaban J connectivity index is 2.37. The van der Waals surface area contributed by atoms with E-state index in [2.05, 4.69) is 26.0 Å². The van der Waals surface area contributed by atoms with Crippen molar-refractivity contribution in [2.24, 2.45) is 0 Å². The van der Waals surface area contributed by atoms with Crippen molar-refractivity contribution < 1.29 is 4.74 Å². The van der Waals surface area contributed by atoms with E-state index in [4.69, 9.17) is 15.7 Å². The summed E-state index contributed by atoms with van der Waals surface area (Å²) >= 11 is 0. The molecule has 0 saturated heterocycles. The molecule has 0 bridgehead atoms. The lowest BCUT2D eigenvalue weighted by Crippen LogP contribution is -1.96. The fraction of sp³-hybridized carbons (Fsp3) is 0.235. The molecule has 3 nitrogen and oxygen atoms in total. The largest absolute Gasteiger partial charge is 0.457 e. The maximum Gasteiger partial charge on any atom is 0.131 e. The zero-order valence-electron chi connectivity index (χ0n) is 12.0. The van der Waals surface area contributed by atoms with Crippen molar-refractivity contribution in [3.8, 4) is 17.6 Å². The summed E-state index contributed by atoms with van der Waals surface area (Å²) in [4.78, 5) is 0. The number of hydrogen-bond acceptors (Lipinski definition) is 3. The lowest BCUT2D eigenvalue weighted by molar-refractivity contribution is 0.473. The van der Waals surface area contributed by atoms with Gasteiger partial charge in [-0.3, -0.25) is 0 Å². The number of ether oxygens (including phenoxy) is 1. The highest BCUT2D eigenvalue weighted by atomic mass is 16.5. The molecule has 0 aliphatic heterocycles. The molecular weight excluding hydrogens is 248 g/mol. The van der Waals surface area contributed by atoms with Crippen molar-refractivity contribution in [2.45, 2.75) is 26.7 Å². The van der Waals surface area contributed by atoms with Crippen LogP contribution in [0, 0.1) is 18.3 Å². The molecule has 102 valence electrons. The Morgan fingerprint density at radius 1 is 1.15 bits per heavy atom. The molecule has 0 aromatic heterocycles. The molecule has 0 fully saturated rings. The summed E-state index contributed by atoms with van der Waals surface area (Å²) in [6, 6.07) is 13.4. The Kier molecular flexibility index (Phi) is 3.95. The first-order valence-corrected chi connectivity index (χ1v) is 6.59. The molecule has 0 spiro atoms. The summed E-state index contributed by atoms with van der Waals surface area (Å²) in [6.45, 7) is 6.29. The standard InChI is InChI=1S/C17H18N2O/c1-11(2)15-7-4-12(3)8-17(15)20-14-6-5-13(10-18)16(19)9-14/h4-9,11H,19H2,1-3H3. The van der Waals surface area contributed by atoms with Crippen LogP contribution in [0.2, 0.25) is 0 Å². The molecule has 20 heavy (non-hydrogen) atoms. The van der Waals surface area contributed by atoms with Gasteiger partial charge in [-0.05, 0) is 42.2 Å². The first-order chi connectivity index (χ1) is 9.51. The predicted octanol–water partition coefficient (Wildman–Crippen LogP) is 4.36. The molecule has 0 radical (unpaired) electrons. The summed E-state index contributed by atoms with van der Waals surface area (Å²) in [6.07, 6.45) is 0. The molecule has 0 unspecified atom stereocenters. The SMILES string of the molecule is Cc1ccc(C(C)C)c(Oc2ccc(C#N)c(N)c2)c1. The van der Waals surface area contributed by atoms with Gasteiger partial charge in [-0.25, -0.2) is 0 Å². The molecule has 0 saturated carbocycles. The van der Waals surface area contributed by atoms with Gasteiger partial charge < -0.3 is 10.5 Å². The Labute approximate surface area is 119 Å². The van der Waals surface area contributed by atoms with Crippen LogP contribution in [0.4, 0.5) is 5.69 Å². The maximum atomic E-state index is 8.88. The second kappa shape index (κ2) is 5.66. The van der Waals surface area contributed by atoms with Crippen LogP contribution >= 0.6 is 0 Å². The average molecular weight is 266 g/mol. The van der Waals surface area contributed by atoms with Crippen molar-refractivity contribution in [2.75, 3.05) is 5.73 Å². The third kappa shape index (κ3) is 2.92. The predicted molar refractivity (Wildman–Crippen MR) is 80.9 cm³/mol. The molecule has 2 rings (SSSR count). The molecule has 2 aromatic carbocycles. The van der Waals surface area contributed by atoms with E-state index in [-0.39, 0.29) is 0 Å². The molecule has 0 aliphatic carbocycles. The summed E-state index contributed by atoms with van der Waals surface area (Å²) in [5.74, 6) is 1.86. The van der Waals surface area contributed by atoms with Crippen molar-refractivity contribution in [1.29, 1.82) is 5.26 Å². The Morgan fingerprint density at radius 2 is 1.90 bits per heavy atom. The first kappa shape index (κ1) is 14.0. The van der Waals surface area contributed by atoms with Crippen molar-refractivity contribution in [1.82, 2.24) is 0 Å². The Bertz CT molecular complexity index is 669. The number of nitrogens with zero attached hydrogens (tertiary/aromatic N) is 1. The van der Waals surface area contributed by atoms with Gasteiger partial charge in [0.25, 0.3) is 0 Å². The first-order valence-electron chi connectivity index (χ1n) is 6.59. The van der Waals surface area contributed by atoms with Gasteiger partial charge >= 0.3 is 0 Å². The van der Waals surface area contributed by atoms with Crippen molar-refractivity contribution >= 4 is 5.69 Å². The van der Waals surface area contributed by atoms with Crippen LogP contribution in [0.5, 0.6) is 11.5 Å². The number of hydrogen-bond donors (Lipinski definition) is 1. The zero-order valence-corrected chi connectivity index (χ0v) is 12.0. The summed E-state index contributed by atoms with van der Waals surface area (Å²) < 4.78 is 5.94. The second-order valence-electron chi connectivity index (χ2n) is 5.16. The Hall–Kier alpha value is -2.47. The number of nitriles is 1. The molecule has 2 aromatic rings. The fourth-order valence-electron chi connectivity index (χ4n) is 2.04. The van der Waals surface area contributed by atoms with Gasteiger partial charge in [0.15, 0.2) is 0 Å². The van der Waals surface area contributed by atoms with Crippen LogP contribution in [0.1, 0.15) is 36.5 Å². The van der Waals surface area contributed by atoms with Crippen LogP contribution in [0.25, 0.3) is 0 Å². The summed E-state index contributed by atoms with van der Waals surface area (Å²) in [5.41, 5.74) is 9.00. The van der Waals surface area contributed by atoms with E-state index in [1.807, 2.05) is 19.1 Å². The van der Waals surface area contributed by atoms with Gasteiger partial charge in [-0.1, -0.05) is 26.0 Å². The van der Waals surface area contributed by atoms with Crippen LogP contribution < -0.4 is 10.5 Å². The van der Waals surface area contributed by atoms with Gasteiger partial charge in [0, 0.05) is 6.07 Å². The molecule has 2 N–H and O–H groups in total. The number of aryl methyl sites for hydroxylation is 1. The molecule has 3 heteroatoms. The number of rotatable bonds is 3. The van der Waals surface area contributed by atoms with Crippen LogP contribution in [0.15, 0.2) is 36.4 Å². The van der Waals surface area contributed by atoms with E-state index in [0.29, 0.717) is 22.9 Å². The van der Waals surface area contributed by atoms with E-state index in [1.54, 1.807) is 18.2 Å². The van der Waals surface area contributed by atoms with Gasteiger partial charge in [0.2, 0.25) is 0 Å². The third-order valence-electron chi connectivity index (χ3n) is 3.16. The quantitative estimate of drug-likeness (QED) is 0.839. The molecule has 0 aliphatic rings. The van der Waals surface area contributed by atoms with Gasteiger partial charge in [0.1, 0.15) is 17.6 Å². The van der Waals surface area contributed by atoms with Gasteiger partial charge in [0.05, 0.1) is 11.3 Å². The topological polar surface area (TPSA) is 59.0 Å². The van der Waals surface area contributed by atoms with E-state index >= 15 is 0 Å². The highest BCUT2D eigenvalue weighted by Gasteiger charge is 2.10.